The molecule has 6 heteroatoms. The maximum Gasteiger partial charge on any atom is 0.250 e. The summed E-state index contributed by atoms with van der Waals surface area (Å²) in [5.41, 5.74) is 1.92. The molecule has 138 valence electrons. The molecule has 0 saturated heterocycles. The van der Waals surface area contributed by atoms with Gasteiger partial charge in [0.2, 0.25) is 11.8 Å². The third kappa shape index (κ3) is 7.80. The van der Waals surface area contributed by atoms with E-state index in [1.54, 1.807) is 12.1 Å². The summed E-state index contributed by atoms with van der Waals surface area (Å²) >= 11 is 3.34. The van der Waals surface area contributed by atoms with Crippen LogP contribution in [0.15, 0.2) is 59.1 Å². The van der Waals surface area contributed by atoms with Gasteiger partial charge < -0.3 is 15.4 Å². The SMILES string of the molecule is C[C@@H](CCc1ccccc1)NC(=O)COCC(=O)Nc1cccc(Br)c1. The third-order valence-corrected chi connectivity index (χ3v) is 4.18. The lowest BCUT2D eigenvalue weighted by Gasteiger charge is -2.14. The van der Waals surface area contributed by atoms with Crippen molar-refractivity contribution >= 4 is 33.4 Å². The van der Waals surface area contributed by atoms with Gasteiger partial charge in [-0.05, 0) is 43.5 Å². The Labute approximate surface area is 162 Å². The van der Waals surface area contributed by atoms with Crippen LogP contribution in [0.1, 0.15) is 18.9 Å². The molecule has 0 heterocycles. The Hall–Kier alpha value is -2.18. The highest BCUT2D eigenvalue weighted by molar-refractivity contribution is 9.10. The second-order valence-electron chi connectivity index (χ2n) is 6.04. The molecule has 0 aliphatic carbocycles. The highest BCUT2D eigenvalue weighted by Gasteiger charge is 2.09. The molecule has 0 aliphatic heterocycles. The van der Waals surface area contributed by atoms with Gasteiger partial charge in [0.25, 0.3) is 0 Å². The smallest absolute Gasteiger partial charge is 0.250 e. The lowest BCUT2D eigenvalue weighted by Crippen LogP contribution is -2.36. The van der Waals surface area contributed by atoms with Crippen molar-refractivity contribution in [3.63, 3.8) is 0 Å². The molecular weight excluding hydrogens is 396 g/mol. The van der Waals surface area contributed by atoms with Gasteiger partial charge in [0.05, 0.1) is 0 Å². The summed E-state index contributed by atoms with van der Waals surface area (Å²) in [4.78, 5) is 23.7. The van der Waals surface area contributed by atoms with Crippen LogP contribution in [0, 0.1) is 0 Å². The van der Waals surface area contributed by atoms with Gasteiger partial charge >= 0.3 is 0 Å². The molecule has 0 radical (unpaired) electrons. The average molecular weight is 419 g/mol. The number of nitrogens with one attached hydrogen (secondary N) is 2. The molecule has 0 aromatic heterocycles. The van der Waals surface area contributed by atoms with E-state index in [4.69, 9.17) is 4.74 Å². The van der Waals surface area contributed by atoms with Crippen LogP contribution in [-0.2, 0) is 20.7 Å². The van der Waals surface area contributed by atoms with E-state index in [1.165, 1.54) is 5.56 Å². The number of carbonyl (C=O) groups excluding carboxylic acids is 2. The van der Waals surface area contributed by atoms with E-state index >= 15 is 0 Å². The lowest BCUT2D eigenvalue weighted by atomic mass is 10.1. The van der Waals surface area contributed by atoms with Crippen LogP contribution in [0.25, 0.3) is 0 Å². The quantitative estimate of drug-likeness (QED) is 0.654. The van der Waals surface area contributed by atoms with Crippen molar-refractivity contribution in [1.29, 1.82) is 0 Å². The standard InChI is InChI=1S/C20H23BrN2O3/c1-15(10-11-16-6-3-2-4-7-16)22-19(24)13-26-14-20(25)23-18-9-5-8-17(21)12-18/h2-9,12,15H,10-11,13-14H2,1H3,(H,22,24)(H,23,25)/t15-/m0/s1. The van der Waals surface area contributed by atoms with Gasteiger partial charge in [-0.2, -0.15) is 0 Å². The van der Waals surface area contributed by atoms with Crippen LogP contribution < -0.4 is 10.6 Å². The zero-order valence-corrected chi connectivity index (χ0v) is 16.3. The van der Waals surface area contributed by atoms with Gasteiger partial charge in [0, 0.05) is 16.2 Å². The largest absolute Gasteiger partial charge is 0.362 e. The van der Waals surface area contributed by atoms with E-state index in [0.29, 0.717) is 5.69 Å². The Morgan fingerprint density at radius 1 is 1.04 bits per heavy atom. The molecule has 0 unspecified atom stereocenters. The van der Waals surface area contributed by atoms with Crippen molar-refractivity contribution in [3.8, 4) is 0 Å². The molecule has 2 aromatic carbocycles. The van der Waals surface area contributed by atoms with Gasteiger partial charge in [-0.25, -0.2) is 0 Å². The topological polar surface area (TPSA) is 67.4 Å². The molecule has 2 N–H and O–H groups in total. The lowest BCUT2D eigenvalue weighted by molar-refractivity contribution is -0.129. The van der Waals surface area contributed by atoms with E-state index in [9.17, 15) is 9.59 Å². The molecule has 0 bridgehead atoms. The summed E-state index contributed by atoms with van der Waals surface area (Å²) in [5.74, 6) is -0.520. The fourth-order valence-corrected chi connectivity index (χ4v) is 2.82. The van der Waals surface area contributed by atoms with E-state index in [2.05, 4.69) is 38.7 Å². The molecule has 0 spiro atoms. The molecule has 5 nitrogen and oxygen atoms in total. The Morgan fingerprint density at radius 2 is 1.77 bits per heavy atom. The van der Waals surface area contributed by atoms with Crippen molar-refractivity contribution in [3.05, 3.63) is 64.6 Å². The fraction of sp³-hybridized carbons (Fsp3) is 0.300. The van der Waals surface area contributed by atoms with Crippen molar-refractivity contribution in [2.24, 2.45) is 0 Å². The van der Waals surface area contributed by atoms with Crippen LogP contribution in [0.4, 0.5) is 5.69 Å². The number of amides is 2. The summed E-state index contributed by atoms with van der Waals surface area (Å²) < 4.78 is 6.06. The maximum absolute atomic E-state index is 11.9. The first-order valence-corrected chi connectivity index (χ1v) is 9.28. The molecule has 2 amide bonds. The van der Waals surface area contributed by atoms with E-state index in [-0.39, 0.29) is 31.1 Å². The number of carbonyl (C=O) groups is 2. The van der Waals surface area contributed by atoms with Crippen LogP contribution in [0.3, 0.4) is 0 Å². The van der Waals surface area contributed by atoms with Gasteiger partial charge in [-0.15, -0.1) is 0 Å². The number of halogens is 1. The van der Waals surface area contributed by atoms with Gasteiger partial charge in [-0.1, -0.05) is 52.3 Å². The number of benzene rings is 2. The molecule has 0 aliphatic rings. The zero-order valence-electron chi connectivity index (χ0n) is 14.7. The highest BCUT2D eigenvalue weighted by atomic mass is 79.9. The zero-order chi connectivity index (χ0) is 18.8. The Kier molecular flexibility index (Phi) is 8.31. The Bertz CT molecular complexity index is 722. The van der Waals surface area contributed by atoms with E-state index in [0.717, 1.165) is 17.3 Å². The second-order valence-corrected chi connectivity index (χ2v) is 6.96. The number of anilines is 1. The predicted octanol–water partition coefficient (Wildman–Crippen LogP) is 3.54. The molecule has 26 heavy (non-hydrogen) atoms. The summed E-state index contributed by atoms with van der Waals surface area (Å²) in [5, 5.41) is 5.59. The van der Waals surface area contributed by atoms with E-state index < -0.39 is 0 Å². The Balaban J connectivity index is 1.61. The first-order valence-electron chi connectivity index (χ1n) is 8.49. The van der Waals surface area contributed by atoms with Gasteiger partial charge in [0.15, 0.2) is 0 Å². The minimum Gasteiger partial charge on any atom is -0.362 e. The van der Waals surface area contributed by atoms with E-state index in [1.807, 2.05) is 37.3 Å². The van der Waals surface area contributed by atoms with Crippen molar-refractivity contribution in [2.45, 2.75) is 25.8 Å². The van der Waals surface area contributed by atoms with Crippen molar-refractivity contribution in [2.75, 3.05) is 18.5 Å². The van der Waals surface area contributed by atoms with Crippen LogP contribution >= 0.6 is 15.9 Å². The number of hydrogen-bond donors (Lipinski definition) is 2. The highest BCUT2D eigenvalue weighted by Crippen LogP contribution is 2.15. The Morgan fingerprint density at radius 3 is 2.50 bits per heavy atom. The second kappa shape index (κ2) is 10.7. The summed E-state index contributed by atoms with van der Waals surface area (Å²) in [6.45, 7) is 1.65. The van der Waals surface area contributed by atoms with Gasteiger partial charge in [0.1, 0.15) is 13.2 Å². The molecule has 0 fully saturated rings. The number of hydrogen-bond acceptors (Lipinski definition) is 3. The first kappa shape index (κ1) is 20.1. The van der Waals surface area contributed by atoms with Crippen molar-refractivity contribution in [1.82, 2.24) is 5.32 Å². The summed E-state index contributed by atoms with van der Waals surface area (Å²) in [7, 11) is 0. The molecular formula is C20H23BrN2O3. The minimum absolute atomic E-state index is 0.0433. The minimum atomic E-state index is -0.298. The van der Waals surface area contributed by atoms with Crippen LogP contribution in [0.5, 0.6) is 0 Å². The fourth-order valence-electron chi connectivity index (χ4n) is 2.42. The summed E-state index contributed by atoms with van der Waals surface area (Å²) in [6, 6.07) is 17.4. The molecule has 2 rings (SSSR count). The predicted molar refractivity (Wildman–Crippen MR) is 106 cm³/mol. The number of aryl methyl sites for hydroxylation is 1. The normalized spacial score (nSPS) is 11.6. The van der Waals surface area contributed by atoms with Gasteiger partial charge in [-0.3, -0.25) is 9.59 Å². The van der Waals surface area contributed by atoms with Crippen LogP contribution in [-0.4, -0.2) is 31.1 Å². The number of ether oxygens (including phenoxy) is 1. The molecule has 0 saturated carbocycles. The summed E-state index contributed by atoms with van der Waals surface area (Å²) in [6.07, 6.45) is 1.75. The molecule has 2 aromatic rings. The number of rotatable bonds is 9. The average Bonchev–Trinajstić information content (AvgIpc) is 2.61. The van der Waals surface area contributed by atoms with Crippen molar-refractivity contribution < 1.29 is 14.3 Å². The molecule has 1 atom stereocenters. The first-order chi connectivity index (χ1) is 12.5. The maximum atomic E-state index is 11.9. The van der Waals surface area contributed by atoms with Crippen LogP contribution in [0.2, 0.25) is 0 Å². The monoisotopic (exact) mass is 418 g/mol. The third-order valence-electron chi connectivity index (χ3n) is 3.69.